The van der Waals surface area contributed by atoms with E-state index in [1.165, 1.54) is 6.42 Å². The Bertz CT molecular complexity index is 76.2. The van der Waals surface area contributed by atoms with Gasteiger partial charge in [0.1, 0.15) is 0 Å². The van der Waals surface area contributed by atoms with Gasteiger partial charge in [-0.05, 0) is 19.4 Å². The molecule has 0 aromatic carbocycles. The van der Waals surface area contributed by atoms with Gasteiger partial charge in [0, 0.05) is 6.54 Å². The molecule has 0 aromatic rings. The summed E-state index contributed by atoms with van der Waals surface area (Å²) in [6.45, 7) is 1.15. The highest BCUT2D eigenvalue weighted by Crippen LogP contribution is 2.14. The SMILES string of the molecule is CNCC1C=CC1. The monoisotopic (exact) mass is 97.1 g/mol. The van der Waals surface area contributed by atoms with Gasteiger partial charge >= 0.3 is 0 Å². The highest BCUT2D eigenvalue weighted by atomic mass is 14.8. The van der Waals surface area contributed by atoms with Crippen molar-refractivity contribution in [1.82, 2.24) is 5.32 Å². The molecule has 0 fully saturated rings. The molecule has 1 aliphatic carbocycles. The lowest BCUT2D eigenvalue weighted by atomic mass is 9.96. The van der Waals surface area contributed by atoms with Crippen molar-refractivity contribution < 1.29 is 0 Å². The second kappa shape index (κ2) is 2.12. The Labute approximate surface area is 44.4 Å². The normalized spacial score (nSPS) is 27.3. The molecule has 0 saturated carbocycles. The number of rotatable bonds is 2. The van der Waals surface area contributed by atoms with E-state index < -0.39 is 0 Å². The first-order chi connectivity index (χ1) is 3.43. The Morgan fingerprint density at radius 2 is 2.57 bits per heavy atom. The summed E-state index contributed by atoms with van der Waals surface area (Å²) < 4.78 is 0. The van der Waals surface area contributed by atoms with Crippen LogP contribution in [-0.2, 0) is 0 Å². The summed E-state index contributed by atoms with van der Waals surface area (Å²) in [5.74, 6) is 0.838. The van der Waals surface area contributed by atoms with Crippen molar-refractivity contribution in [2.24, 2.45) is 5.92 Å². The average molecular weight is 97.2 g/mol. The molecule has 0 saturated heterocycles. The van der Waals surface area contributed by atoms with Gasteiger partial charge in [0.05, 0.1) is 0 Å². The molecule has 1 N–H and O–H groups in total. The third kappa shape index (κ3) is 1.03. The first-order valence-corrected chi connectivity index (χ1v) is 2.74. The van der Waals surface area contributed by atoms with E-state index in [0.717, 1.165) is 12.5 Å². The van der Waals surface area contributed by atoms with Crippen LogP contribution in [0.15, 0.2) is 12.2 Å². The fraction of sp³-hybridized carbons (Fsp3) is 0.667. The van der Waals surface area contributed by atoms with Crippen LogP contribution >= 0.6 is 0 Å². The standard InChI is InChI=1S/C6H11N/c1-7-5-6-3-2-4-6/h2-3,6-7H,4-5H2,1H3. The summed E-state index contributed by atoms with van der Waals surface area (Å²) in [6.07, 6.45) is 5.74. The van der Waals surface area contributed by atoms with Crippen molar-refractivity contribution in [3.8, 4) is 0 Å². The molecule has 1 nitrogen and oxygen atoms in total. The maximum atomic E-state index is 3.12. The van der Waals surface area contributed by atoms with Crippen molar-refractivity contribution >= 4 is 0 Å². The summed E-state index contributed by atoms with van der Waals surface area (Å²) in [5.41, 5.74) is 0. The molecule has 1 heteroatoms. The molecule has 7 heavy (non-hydrogen) atoms. The van der Waals surface area contributed by atoms with Gasteiger partial charge in [-0.1, -0.05) is 12.2 Å². The van der Waals surface area contributed by atoms with Crippen molar-refractivity contribution in [2.45, 2.75) is 6.42 Å². The Hall–Kier alpha value is -0.300. The summed E-state index contributed by atoms with van der Waals surface area (Å²) in [4.78, 5) is 0. The van der Waals surface area contributed by atoms with E-state index in [-0.39, 0.29) is 0 Å². The van der Waals surface area contributed by atoms with E-state index in [1.807, 2.05) is 7.05 Å². The van der Waals surface area contributed by atoms with E-state index in [0.29, 0.717) is 0 Å². The third-order valence-corrected chi connectivity index (χ3v) is 1.31. The summed E-state index contributed by atoms with van der Waals surface area (Å²) in [6, 6.07) is 0. The van der Waals surface area contributed by atoms with Crippen LogP contribution in [0.1, 0.15) is 6.42 Å². The lowest BCUT2D eigenvalue weighted by molar-refractivity contribution is 0.567. The molecule has 0 spiro atoms. The molecule has 1 atom stereocenters. The van der Waals surface area contributed by atoms with Crippen LogP contribution in [0.2, 0.25) is 0 Å². The van der Waals surface area contributed by atoms with Crippen LogP contribution in [0.3, 0.4) is 0 Å². The average Bonchev–Trinajstić information content (AvgIpc) is 1.55. The molecule has 0 radical (unpaired) electrons. The van der Waals surface area contributed by atoms with E-state index in [2.05, 4.69) is 17.5 Å². The Morgan fingerprint density at radius 1 is 1.86 bits per heavy atom. The Kier molecular flexibility index (Phi) is 1.47. The predicted octanol–water partition coefficient (Wildman–Crippen LogP) is 0.782. The summed E-state index contributed by atoms with van der Waals surface area (Å²) >= 11 is 0. The topological polar surface area (TPSA) is 12.0 Å². The minimum absolute atomic E-state index is 0.838. The zero-order valence-corrected chi connectivity index (χ0v) is 4.65. The van der Waals surface area contributed by atoms with Gasteiger partial charge < -0.3 is 5.32 Å². The summed E-state index contributed by atoms with van der Waals surface area (Å²) in [7, 11) is 1.99. The molecule has 0 amide bonds. The van der Waals surface area contributed by atoms with Gasteiger partial charge in [-0.15, -0.1) is 0 Å². The van der Waals surface area contributed by atoms with Gasteiger partial charge in [0.2, 0.25) is 0 Å². The van der Waals surface area contributed by atoms with Gasteiger partial charge in [-0.2, -0.15) is 0 Å². The molecular weight excluding hydrogens is 86.1 g/mol. The van der Waals surface area contributed by atoms with Crippen molar-refractivity contribution in [2.75, 3.05) is 13.6 Å². The second-order valence-electron chi connectivity index (χ2n) is 1.98. The zero-order chi connectivity index (χ0) is 5.11. The van der Waals surface area contributed by atoms with Crippen LogP contribution < -0.4 is 5.32 Å². The van der Waals surface area contributed by atoms with Crippen LogP contribution in [0, 0.1) is 5.92 Å². The van der Waals surface area contributed by atoms with Crippen LogP contribution in [0.4, 0.5) is 0 Å². The number of nitrogens with one attached hydrogen (secondary N) is 1. The molecule has 0 aromatic heterocycles. The maximum Gasteiger partial charge on any atom is 0.00141 e. The largest absolute Gasteiger partial charge is 0.319 e. The van der Waals surface area contributed by atoms with Crippen molar-refractivity contribution in [3.63, 3.8) is 0 Å². The summed E-state index contributed by atoms with van der Waals surface area (Å²) in [5, 5.41) is 3.12. The molecule has 1 unspecified atom stereocenters. The third-order valence-electron chi connectivity index (χ3n) is 1.31. The van der Waals surface area contributed by atoms with Gasteiger partial charge in [-0.3, -0.25) is 0 Å². The van der Waals surface area contributed by atoms with Crippen LogP contribution in [-0.4, -0.2) is 13.6 Å². The fourth-order valence-corrected chi connectivity index (χ4v) is 0.742. The van der Waals surface area contributed by atoms with Crippen molar-refractivity contribution in [1.29, 1.82) is 0 Å². The van der Waals surface area contributed by atoms with E-state index in [1.54, 1.807) is 0 Å². The predicted molar refractivity (Wildman–Crippen MR) is 31.2 cm³/mol. The molecule has 1 rings (SSSR count). The molecule has 0 heterocycles. The van der Waals surface area contributed by atoms with E-state index >= 15 is 0 Å². The highest BCUT2D eigenvalue weighted by Gasteiger charge is 2.06. The number of allylic oxidation sites excluding steroid dienone is 1. The van der Waals surface area contributed by atoms with Gasteiger partial charge in [0.25, 0.3) is 0 Å². The second-order valence-corrected chi connectivity index (χ2v) is 1.98. The number of hydrogen-bond donors (Lipinski definition) is 1. The Balaban J connectivity index is 2.06. The maximum absolute atomic E-state index is 3.12. The minimum atomic E-state index is 0.838. The lowest BCUT2D eigenvalue weighted by Gasteiger charge is -2.15. The Morgan fingerprint density at radius 3 is 2.71 bits per heavy atom. The number of hydrogen-bond acceptors (Lipinski definition) is 1. The quantitative estimate of drug-likeness (QED) is 0.502. The van der Waals surface area contributed by atoms with Gasteiger partial charge in [0.15, 0.2) is 0 Å². The van der Waals surface area contributed by atoms with Crippen molar-refractivity contribution in [3.05, 3.63) is 12.2 Å². The first kappa shape index (κ1) is 4.85. The molecule has 0 bridgehead atoms. The molecule has 1 aliphatic rings. The van der Waals surface area contributed by atoms with E-state index in [9.17, 15) is 0 Å². The highest BCUT2D eigenvalue weighted by molar-refractivity contribution is 5.02. The lowest BCUT2D eigenvalue weighted by Crippen LogP contribution is -2.19. The smallest absolute Gasteiger partial charge is 0.00141 e. The molecular formula is C6H11N. The zero-order valence-electron chi connectivity index (χ0n) is 4.65. The fourth-order valence-electron chi connectivity index (χ4n) is 0.742. The van der Waals surface area contributed by atoms with Gasteiger partial charge in [-0.25, -0.2) is 0 Å². The van der Waals surface area contributed by atoms with Crippen LogP contribution in [0.5, 0.6) is 0 Å². The molecule has 0 aliphatic heterocycles. The van der Waals surface area contributed by atoms with Crippen LogP contribution in [0.25, 0.3) is 0 Å². The first-order valence-electron chi connectivity index (χ1n) is 2.74. The minimum Gasteiger partial charge on any atom is -0.319 e. The van der Waals surface area contributed by atoms with E-state index in [4.69, 9.17) is 0 Å². The molecule has 40 valence electrons.